The number of anilines is 2. The van der Waals surface area contributed by atoms with E-state index in [4.69, 9.17) is 0 Å². The van der Waals surface area contributed by atoms with Crippen LogP contribution in [-0.4, -0.2) is 67.3 Å². The summed E-state index contributed by atoms with van der Waals surface area (Å²) in [4.78, 5) is 23.3. The van der Waals surface area contributed by atoms with E-state index >= 15 is 0 Å². The monoisotopic (exact) mass is 366 g/mol. The molecule has 142 valence electrons. The van der Waals surface area contributed by atoms with Gasteiger partial charge in [-0.15, -0.1) is 0 Å². The second kappa shape index (κ2) is 7.19. The molecule has 0 bridgehead atoms. The first-order valence-electron chi connectivity index (χ1n) is 9.62. The number of rotatable bonds is 4. The largest absolute Gasteiger partial charge is 0.478 e. The van der Waals surface area contributed by atoms with Crippen LogP contribution in [0.25, 0.3) is 11.1 Å². The topological polar surface area (TPSA) is 59.9 Å². The smallest absolute Gasteiger partial charge is 0.336 e. The van der Waals surface area contributed by atoms with Gasteiger partial charge in [-0.05, 0) is 55.8 Å². The molecule has 0 amide bonds. The number of pyridine rings is 1. The summed E-state index contributed by atoms with van der Waals surface area (Å²) < 4.78 is 0. The fourth-order valence-corrected chi connectivity index (χ4v) is 4.03. The van der Waals surface area contributed by atoms with E-state index in [0.29, 0.717) is 5.56 Å². The minimum Gasteiger partial charge on any atom is -0.478 e. The molecule has 6 nitrogen and oxygen atoms in total. The molecule has 2 aliphatic heterocycles. The first-order valence-corrected chi connectivity index (χ1v) is 9.62. The standard InChI is InChI=1S/C21H26N4O2/c1-3-24-7-6-17-18(21(26)27)12-16(13-19(17)24)15-4-5-20(22-14-15)25-10-8-23(2)9-11-25/h4-5,12-14H,3,6-11H2,1-2H3,(H,26,27). The molecular formula is C21H26N4O2. The summed E-state index contributed by atoms with van der Waals surface area (Å²) in [6.07, 6.45) is 2.66. The summed E-state index contributed by atoms with van der Waals surface area (Å²) in [5.74, 6) is 0.134. The number of fused-ring (bicyclic) bond motifs is 1. The van der Waals surface area contributed by atoms with Gasteiger partial charge in [0.1, 0.15) is 5.82 Å². The number of likely N-dealkylation sites (N-methyl/N-ethyl adjacent to an activating group) is 2. The van der Waals surface area contributed by atoms with Crippen LogP contribution in [0.5, 0.6) is 0 Å². The number of carboxylic acid groups (broad SMARTS) is 1. The van der Waals surface area contributed by atoms with Crippen LogP contribution in [-0.2, 0) is 6.42 Å². The zero-order chi connectivity index (χ0) is 19.0. The highest BCUT2D eigenvalue weighted by molar-refractivity contribution is 5.94. The number of aromatic carboxylic acids is 1. The van der Waals surface area contributed by atoms with Crippen molar-refractivity contribution in [1.82, 2.24) is 9.88 Å². The highest BCUT2D eigenvalue weighted by Gasteiger charge is 2.25. The van der Waals surface area contributed by atoms with Gasteiger partial charge in [-0.25, -0.2) is 9.78 Å². The molecule has 4 rings (SSSR count). The van der Waals surface area contributed by atoms with E-state index in [1.165, 1.54) is 0 Å². The lowest BCUT2D eigenvalue weighted by molar-refractivity contribution is 0.0696. The molecule has 0 spiro atoms. The number of hydrogen-bond donors (Lipinski definition) is 1. The first kappa shape index (κ1) is 17.8. The maximum atomic E-state index is 11.8. The van der Waals surface area contributed by atoms with Gasteiger partial charge in [0.15, 0.2) is 0 Å². The van der Waals surface area contributed by atoms with E-state index in [2.05, 4.69) is 45.8 Å². The lowest BCUT2D eigenvalue weighted by Gasteiger charge is -2.33. The van der Waals surface area contributed by atoms with Crippen molar-refractivity contribution < 1.29 is 9.90 Å². The lowest BCUT2D eigenvalue weighted by Crippen LogP contribution is -2.44. The van der Waals surface area contributed by atoms with E-state index in [1.54, 1.807) is 6.07 Å². The van der Waals surface area contributed by atoms with Crippen molar-refractivity contribution in [2.24, 2.45) is 0 Å². The Morgan fingerprint density at radius 2 is 1.89 bits per heavy atom. The molecule has 0 atom stereocenters. The number of carbonyl (C=O) groups is 1. The van der Waals surface area contributed by atoms with Crippen LogP contribution in [0.3, 0.4) is 0 Å². The van der Waals surface area contributed by atoms with Crippen molar-refractivity contribution in [3.63, 3.8) is 0 Å². The Kier molecular flexibility index (Phi) is 4.74. The van der Waals surface area contributed by atoms with Crippen LogP contribution in [0, 0.1) is 0 Å². The van der Waals surface area contributed by atoms with Crippen LogP contribution in [0.1, 0.15) is 22.8 Å². The molecule has 3 heterocycles. The van der Waals surface area contributed by atoms with Crippen LogP contribution in [0.4, 0.5) is 11.5 Å². The number of hydrogen-bond acceptors (Lipinski definition) is 5. The summed E-state index contributed by atoms with van der Waals surface area (Å²) >= 11 is 0. The third kappa shape index (κ3) is 3.37. The van der Waals surface area contributed by atoms with Crippen molar-refractivity contribution in [1.29, 1.82) is 0 Å². The third-order valence-electron chi connectivity index (χ3n) is 5.72. The number of benzene rings is 1. The predicted octanol–water partition coefficient (Wildman–Crippen LogP) is 2.58. The SMILES string of the molecule is CCN1CCc2c(C(=O)O)cc(-c3ccc(N4CCN(C)CC4)nc3)cc21. The van der Waals surface area contributed by atoms with Crippen molar-refractivity contribution >= 4 is 17.5 Å². The summed E-state index contributed by atoms with van der Waals surface area (Å²) in [5, 5.41) is 9.67. The van der Waals surface area contributed by atoms with Gasteiger partial charge >= 0.3 is 5.97 Å². The lowest BCUT2D eigenvalue weighted by atomic mass is 9.98. The second-order valence-corrected chi connectivity index (χ2v) is 7.35. The molecule has 0 saturated carbocycles. The van der Waals surface area contributed by atoms with Gasteiger partial charge in [-0.2, -0.15) is 0 Å². The highest BCUT2D eigenvalue weighted by atomic mass is 16.4. The van der Waals surface area contributed by atoms with Crippen molar-refractivity contribution in [2.75, 3.05) is 56.1 Å². The van der Waals surface area contributed by atoms with Gasteiger partial charge in [0.25, 0.3) is 0 Å². The predicted molar refractivity (Wildman–Crippen MR) is 108 cm³/mol. The fraction of sp³-hybridized carbons (Fsp3) is 0.429. The van der Waals surface area contributed by atoms with Gasteiger partial charge in [0, 0.05) is 56.7 Å². The van der Waals surface area contributed by atoms with Gasteiger partial charge in [0.2, 0.25) is 0 Å². The molecule has 1 aromatic carbocycles. The van der Waals surface area contributed by atoms with Crippen LogP contribution >= 0.6 is 0 Å². The van der Waals surface area contributed by atoms with Gasteiger partial charge < -0.3 is 19.8 Å². The van der Waals surface area contributed by atoms with Crippen LogP contribution in [0.2, 0.25) is 0 Å². The van der Waals surface area contributed by atoms with Crippen LogP contribution < -0.4 is 9.80 Å². The van der Waals surface area contributed by atoms with E-state index in [1.807, 2.05) is 12.3 Å². The summed E-state index contributed by atoms with van der Waals surface area (Å²) in [6, 6.07) is 8.02. The molecule has 1 fully saturated rings. The molecule has 0 radical (unpaired) electrons. The average Bonchev–Trinajstić information content (AvgIpc) is 3.11. The quantitative estimate of drug-likeness (QED) is 0.898. The van der Waals surface area contributed by atoms with E-state index in [-0.39, 0.29) is 0 Å². The highest BCUT2D eigenvalue weighted by Crippen LogP contribution is 2.36. The Labute approximate surface area is 160 Å². The Balaban J connectivity index is 1.65. The first-order chi connectivity index (χ1) is 13.1. The maximum Gasteiger partial charge on any atom is 0.336 e. The Hall–Kier alpha value is -2.60. The maximum absolute atomic E-state index is 11.8. The molecule has 0 unspecified atom stereocenters. The Morgan fingerprint density at radius 3 is 2.52 bits per heavy atom. The number of piperazine rings is 1. The molecular weight excluding hydrogens is 340 g/mol. The molecule has 0 aliphatic carbocycles. The molecule has 1 saturated heterocycles. The molecule has 6 heteroatoms. The summed E-state index contributed by atoms with van der Waals surface area (Å²) in [7, 11) is 2.14. The van der Waals surface area contributed by atoms with E-state index in [0.717, 1.165) is 73.9 Å². The second-order valence-electron chi connectivity index (χ2n) is 7.35. The Bertz CT molecular complexity index is 842. The molecule has 27 heavy (non-hydrogen) atoms. The normalized spacial score (nSPS) is 17.3. The summed E-state index contributed by atoms with van der Waals surface area (Å²) in [6.45, 7) is 7.93. The van der Waals surface area contributed by atoms with Crippen molar-refractivity contribution in [3.05, 3.63) is 41.6 Å². The zero-order valence-corrected chi connectivity index (χ0v) is 16.0. The third-order valence-corrected chi connectivity index (χ3v) is 5.72. The van der Waals surface area contributed by atoms with Crippen molar-refractivity contribution in [3.8, 4) is 11.1 Å². The number of nitrogens with zero attached hydrogens (tertiary/aromatic N) is 4. The molecule has 1 aromatic heterocycles. The molecule has 1 N–H and O–H groups in total. The summed E-state index contributed by atoms with van der Waals surface area (Å²) in [5.41, 5.74) is 4.30. The number of carboxylic acids is 1. The van der Waals surface area contributed by atoms with E-state index < -0.39 is 5.97 Å². The van der Waals surface area contributed by atoms with E-state index in [9.17, 15) is 9.90 Å². The number of aromatic nitrogens is 1. The minimum absolute atomic E-state index is 0.418. The average molecular weight is 366 g/mol. The van der Waals surface area contributed by atoms with Crippen molar-refractivity contribution in [2.45, 2.75) is 13.3 Å². The van der Waals surface area contributed by atoms with Gasteiger partial charge in [0.05, 0.1) is 5.56 Å². The zero-order valence-electron chi connectivity index (χ0n) is 16.0. The molecule has 2 aromatic rings. The fourth-order valence-electron chi connectivity index (χ4n) is 4.03. The minimum atomic E-state index is -0.854. The van der Waals surface area contributed by atoms with Crippen LogP contribution in [0.15, 0.2) is 30.5 Å². The van der Waals surface area contributed by atoms with Gasteiger partial charge in [-0.1, -0.05) is 0 Å². The molecule has 2 aliphatic rings. The van der Waals surface area contributed by atoms with Gasteiger partial charge in [-0.3, -0.25) is 0 Å². The Morgan fingerprint density at radius 1 is 1.11 bits per heavy atom.